The molecule has 0 saturated heterocycles. The van der Waals surface area contributed by atoms with Gasteiger partial charge in [-0.05, 0) is 31.5 Å². The van der Waals surface area contributed by atoms with Gasteiger partial charge in [-0.3, -0.25) is 9.89 Å². The molecule has 0 bridgehead atoms. The number of benzene rings is 1. The fourth-order valence-corrected chi connectivity index (χ4v) is 2.96. The molecule has 8 heteroatoms. The Morgan fingerprint density at radius 1 is 1.46 bits per heavy atom. The lowest BCUT2D eigenvalue weighted by atomic mass is 10.0. The van der Waals surface area contributed by atoms with Crippen LogP contribution in [0.3, 0.4) is 0 Å². The topological polar surface area (TPSA) is 75.6 Å². The number of aromatic amines is 1. The molecule has 134 valence electrons. The second-order valence-electron chi connectivity index (χ2n) is 6.47. The molecule has 0 spiro atoms. The van der Waals surface area contributed by atoms with Crippen LogP contribution in [0.2, 0.25) is 5.02 Å². The number of alkyl halides is 1. The lowest BCUT2D eigenvalue weighted by molar-refractivity contribution is -0.117. The number of hydrogen-bond donors (Lipinski definition) is 2. The van der Waals surface area contributed by atoms with E-state index in [0.29, 0.717) is 23.0 Å². The van der Waals surface area contributed by atoms with Crippen LogP contribution in [0, 0.1) is 0 Å². The van der Waals surface area contributed by atoms with E-state index >= 15 is 0 Å². The predicted molar refractivity (Wildman–Crippen MR) is 96.5 cm³/mol. The van der Waals surface area contributed by atoms with Crippen LogP contribution >= 0.6 is 11.6 Å². The van der Waals surface area contributed by atoms with Gasteiger partial charge in [0.1, 0.15) is 12.0 Å². The summed E-state index contributed by atoms with van der Waals surface area (Å²) in [6.07, 6.45) is 3.13. The first-order valence-corrected chi connectivity index (χ1v) is 8.70. The van der Waals surface area contributed by atoms with E-state index in [1.54, 1.807) is 42.2 Å². The molecule has 3 atom stereocenters. The highest BCUT2D eigenvalue weighted by Gasteiger charge is 2.40. The smallest absolute Gasteiger partial charge is 0.232 e. The minimum atomic E-state index is -0.821. The van der Waals surface area contributed by atoms with Gasteiger partial charge in [0.05, 0.1) is 23.5 Å². The van der Waals surface area contributed by atoms with Crippen molar-refractivity contribution in [1.29, 1.82) is 0 Å². The number of nitrogens with zero attached hydrogens (tertiary/aromatic N) is 3. The monoisotopic (exact) mass is 373 g/mol. The summed E-state index contributed by atoms with van der Waals surface area (Å²) in [6, 6.07) is 8.99. The van der Waals surface area contributed by atoms with Gasteiger partial charge in [0.2, 0.25) is 5.91 Å². The zero-order valence-corrected chi connectivity index (χ0v) is 14.7. The first-order valence-electron chi connectivity index (χ1n) is 8.32. The summed E-state index contributed by atoms with van der Waals surface area (Å²) in [4.78, 5) is 12.5. The van der Waals surface area contributed by atoms with Crippen molar-refractivity contribution < 1.29 is 9.18 Å². The Balaban J connectivity index is 1.44. The van der Waals surface area contributed by atoms with Gasteiger partial charge in [-0.15, -0.1) is 0 Å². The molecule has 6 nitrogen and oxygen atoms in total. The molecule has 4 rings (SSSR count). The number of halogens is 2. The molecule has 2 N–H and O–H groups in total. The first-order chi connectivity index (χ1) is 12.5. The lowest BCUT2D eigenvalue weighted by Gasteiger charge is -2.08. The fraction of sp³-hybridized carbons (Fsp3) is 0.278. The van der Waals surface area contributed by atoms with Gasteiger partial charge in [0, 0.05) is 28.8 Å². The van der Waals surface area contributed by atoms with Gasteiger partial charge in [0.15, 0.2) is 0 Å². The highest BCUT2D eigenvalue weighted by molar-refractivity contribution is 6.30. The van der Waals surface area contributed by atoms with Crippen molar-refractivity contribution in [2.45, 2.75) is 31.4 Å². The second-order valence-corrected chi connectivity index (χ2v) is 6.91. The fourth-order valence-electron chi connectivity index (χ4n) is 2.77. The zero-order chi connectivity index (χ0) is 18.3. The average Bonchev–Trinajstić information content (AvgIpc) is 3.05. The van der Waals surface area contributed by atoms with E-state index in [-0.39, 0.29) is 11.8 Å². The molecule has 3 aromatic rings. The van der Waals surface area contributed by atoms with Gasteiger partial charge >= 0.3 is 0 Å². The molecular formula is C18H17ClFN5O. The summed E-state index contributed by atoms with van der Waals surface area (Å²) in [7, 11) is 0. The summed E-state index contributed by atoms with van der Waals surface area (Å²) in [6.45, 7) is 1.80. The SMILES string of the molecule is C[C@H](C(=O)Nc1cc([C@H]2C[C@@H]2F)n[nH]1)c1cnn(-c2cccc(Cl)c2)c1. The Bertz CT molecular complexity index is 952. The summed E-state index contributed by atoms with van der Waals surface area (Å²) < 4.78 is 14.8. The Morgan fingerprint density at radius 2 is 2.27 bits per heavy atom. The molecule has 2 aromatic heterocycles. The minimum Gasteiger partial charge on any atom is -0.311 e. The van der Waals surface area contributed by atoms with Gasteiger partial charge in [-0.25, -0.2) is 9.07 Å². The van der Waals surface area contributed by atoms with Gasteiger partial charge in [-0.1, -0.05) is 17.7 Å². The Labute approximate surface area is 154 Å². The minimum absolute atomic E-state index is 0.148. The zero-order valence-electron chi connectivity index (χ0n) is 14.0. The summed E-state index contributed by atoms with van der Waals surface area (Å²) in [5, 5.41) is 14.5. The lowest BCUT2D eigenvalue weighted by Crippen LogP contribution is -2.18. The van der Waals surface area contributed by atoms with E-state index in [1.165, 1.54) is 0 Å². The van der Waals surface area contributed by atoms with E-state index in [0.717, 1.165) is 11.3 Å². The van der Waals surface area contributed by atoms with E-state index in [2.05, 4.69) is 20.6 Å². The molecule has 1 fully saturated rings. The predicted octanol–water partition coefficient (Wildman–Crippen LogP) is 3.82. The van der Waals surface area contributed by atoms with Crippen molar-refractivity contribution in [3.63, 3.8) is 0 Å². The molecular weight excluding hydrogens is 357 g/mol. The Morgan fingerprint density at radius 3 is 3.00 bits per heavy atom. The molecule has 1 saturated carbocycles. The molecule has 0 aliphatic heterocycles. The average molecular weight is 374 g/mol. The quantitative estimate of drug-likeness (QED) is 0.714. The third-order valence-electron chi connectivity index (χ3n) is 4.52. The molecule has 1 amide bonds. The maximum absolute atomic E-state index is 13.1. The third kappa shape index (κ3) is 3.35. The van der Waals surface area contributed by atoms with Crippen LogP contribution in [0.5, 0.6) is 0 Å². The highest BCUT2D eigenvalue weighted by atomic mass is 35.5. The largest absolute Gasteiger partial charge is 0.311 e. The van der Waals surface area contributed by atoms with E-state index in [4.69, 9.17) is 11.6 Å². The second kappa shape index (κ2) is 6.57. The summed E-state index contributed by atoms with van der Waals surface area (Å²) >= 11 is 6.00. The Kier molecular flexibility index (Phi) is 4.24. The van der Waals surface area contributed by atoms with Crippen LogP contribution in [0.4, 0.5) is 10.2 Å². The van der Waals surface area contributed by atoms with Crippen molar-refractivity contribution in [2.24, 2.45) is 0 Å². The molecule has 1 aromatic carbocycles. The number of nitrogens with one attached hydrogen (secondary N) is 2. The molecule has 0 unspecified atom stereocenters. The molecule has 1 aliphatic carbocycles. The number of anilines is 1. The van der Waals surface area contributed by atoms with Gasteiger partial charge in [-0.2, -0.15) is 10.2 Å². The van der Waals surface area contributed by atoms with Crippen LogP contribution in [-0.2, 0) is 4.79 Å². The Hall–Kier alpha value is -2.67. The number of carbonyl (C=O) groups is 1. The van der Waals surface area contributed by atoms with Crippen molar-refractivity contribution >= 4 is 23.3 Å². The number of hydrogen-bond acceptors (Lipinski definition) is 3. The first kappa shape index (κ1) is 16.8. The summed E-state index contributed by atoms with van der Waals surface area (Å²) in [5.41, 5.74) is 2.24. The van der Waals surface area contributed by atoms with Crippen molar-refractivity contribution in [2.75, 3.05) is 5.32 Å². The molecule has 2 heterocycles. The molecule has 0 radical (unpaired) electrons. The number of carbonyl (C=O) groups excluding carboxylic acids is 1. The van der Waals surface area contributed by atoms with E-state index < -0.39 is 12.1 Å². The van der Waals surface area contributed by atoms with E-state index in [9.17, 15) is 9.18 Å². The van der Waals surface area contributed by atoms with Crippen LogP contribution < -0.4 is 5.32 Å². The van der Waals surface area contributed by atoms with Gasteiger partial charge in [0.25, 0.3) is 0 Å². The molecule has 1 aliphatic rings. The maximum atomic E-state index is 13.1. The van der Waals surface area contributed by atoms with Crippen LogP contribution in [0.1, 0.15) is 36.4 Å². The number of H-pyrrole nitrogens is 1. The number of rotatable bonds is 5. The normalized spacial score (nSPS) is 20.0. The van der Waals surface area contributed by atoms with Crippen molar-refractivity contribution in [1.82, 2.24) is 20.0 Å². The van der Waals surface area contributed by atoms with E-state index in [1.807, 2.05) is 12.1 Å². The molecule has 26 heavy (non-hydrogen) atoms. The number of amides is 1. The third-order valence-corrected chi connectivity index (χ3v) is 4.75. The van der Waals surface area contributed by atoms with Crippen LogP contribution in [0.25, 0.3) is 5.69 Å². The van der Waals surface area contributed by atoms with Gasteiger partial charge < -0.3 is 5.32 Å². The summed E-state index contributed by atoms with van der Waals surface area (Å²) in [5.74, 6) is -0.286. The maximum Gasteiger partial charge on any atom is 0.232 e. The number of aromatic nitrogens is 4. The standard InChI is InChI=1S/C18H17ClFN5O/c1-10(11-8-21-25(9-11)13-4-2-3-12(19)5-13)18(26)22-17-7-16(23-24-17)14-6-15(14)20/h2-5,7-10,14-15H,6H2,1H3,(H2,22,23,24,26)/t10-,14-,15-/m0/s1. The van der Waals surface area contributed by atoms with Crippen LogP contribution in [-0.4, -0.2) is 32.1 Å². The van der Waals surface area contributed by atoms with Crippen molar-refractivity contribution in [3.05, 3.63) is 59.0 Å². The highest BCUT2D eigenvalue weighted by Crippen LogP contribution is 2.43. The van der Waals surface area contributed by atoms with Crippen LogP contribution in [0.15, 0.2) is 42.7 Å². The van der Waals surface area contributed by atoms with Crippen molar-refractivity contribution in [3.8, 4) is 5.69 Å².